The predicted molar refractivity (Wildman–Crippen MR) is 58.1 cm³/mol. The fourth-order valence-electron chi connectivity index (χ4n) is 1.58. The van der Waals surface area contributed by atoms with Gasteiger partial charge in [-0.15, -0.1) is 0 Å². The standard InChI is InChI=1S/C9H11ClN2O2S/c10-8-2-3-11-9(6-8)7-12-4-1-5-15(12,13)14/h2-3,6H,1,4-5,7H2. The molecule has 1 aromatic heterocycles. The monoisotopic (exact) mass is 246 g/mol. The van der Waals surface area contributed by atoms with Gasteiger partial charge in [0.05, 0.1) is 18.0 Å². The summed E-state index contributed by atoms with van der Waals surface area (Å²) in [6.45, 7) is 0.902. The zero-order chi connectivity index (χ0) is 10.9. The van der Waals surface area contributed by atoms with Crippen LogP contribution in [0.2, 0.25) is 5.02 Å². The van der Waals surface area contributed by atoms with E-state index in [1.807, 2.05) is 0 Å². The maximum absolute atomic E-state index is 11.5. The molecule has 6 heteroatoms. The number of rotatable bonds is 2. The Morgan fingerprint density at radius 2 is 2.33 bits per heavy atom. The summed E-state index contributed by atoms with van der Waals surface area (Å²) >= 11 is 5.79. The van der Waals surface area contributed by atoms with Crippen LogP contribution in [-0.4, -0.2) is 30.0 Å². The first-order valence-corrected chi connectivity index (χ1v) is 6.65. The Kier molecular flexibility index (Phi) is 2.95. The van der Waals surface area contributed by atoms with Crippen LogP contribution in [0.3, 0.4) is 0 Å². The average molecular weight is 247 g/mol. The van der Waals surface area contributed by atoms with Gasteiger partial charge < -0.3 is 0 Å². The highest BCUT2D eigenvalue weighted by atomic mass is 35.5. The number of sulfonamides is 1. The van der Waals surface area contributed by atoms with Gasteiger partial charge in [-0.3, -0.25) is 4.98 Å². The molecule has 0 unspecified atom stereocenters. The van der Waals surface area contributed by atoms with Crippen molar-refractivity contribution in [2.45, 2.75) is 13.0 Å². The van der Waals surface area contributed by atoms with E-state index < -0.39 is 10.0 Å². The summed E-state index contributed by atoms with van der Waals surface area (Å²) in [5.41, 5.74) is 0.688. The van der Waals surface area contributed by atoms with E-state index in [0.29, 0.717) is 30.2 Å². The molecule has 2 heterocycles. The van der Waals surface area contributed by atoms with Crippen molar-refractivity contribution in [2.75, 3.05) is 12.3 Å². The molecule has 0 N–H and O–H groups in total. The Hall–Kier alpha value is -0.650. The summed E-state index contributed by atoms with van der Waals surface area (Å²) in [4.78, 5) is 4.08. The second kappa shape index (κ2) is 4.08. The Balaban J connectivity index is 2.16. The summed E-state index contributed by atoms with van der Waals surface area (Å²) in [6.07, 6.45) is 2.28. The lowest BCUT2D eigenvalue weighted by Crippen LogP contribution is -2.25. The van der Waals surface area contributed by atoms with Gasteiger partial charge in [0.15, 0.2) is 0 Å². The minimum absolute atomic E-state index is 0.244. The maximum Gasteiger partial charge on any atom is 0.214 e. The van der Waals surface area contributed by atoms with Gasteiger partial charge in [-0.1, -0.05) is 11.6 Å². The lowest BCUT2D eigenvalue weighted by molar-refractivity contribution is 0.435. The molecule has 0 saturated carbocycles. The molecule has 1 aliphatic rings. The van der Waals surface area contributed by atoms with Crippen molar-refractivity contribution < 1.29 is 8.42 Å². The molecule has 1 aliphatic heterocycles. The van der Waals surface area contributed by atoms with E-state index in [9.17, 15) is 8.42 Å². The van der Waals surface area contributed by atoms with E-state index in [-0.39, 0.29) is 5.75 Å². The van der Waals surface area contributed by atoms with Crippen molar-refractivity contribution in [1.29, 1.82) is 0 Å². The third kappa shape index (κ3) is 2.48. The Bertz CT molecular complexity index is 461. The number of hydrogen-bond donors (Lipinski definition) is 0. The first-order chi connectivity index (χ1) is 7.08. The molecule has 0 atom stereocenters. The van der Waals surface area contributed by atoms with Crippen LogP contribution < -0.4 is 0 Å². The maximum atomic E-state index is 11.5. The summed E-state index contributed by atoms with van der Waals surface area (Å²) in [5, 5.41) is 0.580. The van der Waals surface area contributed by atoms with Gasteiger partial charge in [0.25, 0.3) is 0 Å². The Labute approximate surface area is 93.9 Å². The Morgan fingerprint density at radius 3 is 2.93 bits per heavy atom. The molecule has 0 bridgehead atoms. The molecule has 0 radical (unpaired) electrons. The molecule has 1 fully saturated rings. The zero-order valence-corrected chi connectivity index (χ0v) is 9.63. The van der Waals surface area contributed by atoms with Crippen molar-refractivity contribution in [2.24, 2.45) is 0 Å². The normalized spacial score (nSPS) is 20.6. The molecule has 1 aromatic rings. The summed E-state index contributed by atoms with van der Waals surface area (Å²) in [7, 11) is -3.05. The average Bonchev–Trinajstić information content (AvgIpc) is 2.46. The van der Waals surface area contributed by atoms with E-state index in [2.05, 4.69) is 4.98 Å². The highest BCUT2D eigenvalue weighted by Crippen LogP contribution is 2.17. The molecule has 0 aliphatic carbocycles. The molecule has 0 amide bonds. The molecule has 2 rings (SSSR count). The zero-order valence-electron chi connectivity index (χ0n) is 8.06. The predicted octanol–water partition coefficient (Wildman–Crippen LogP) is 1.27. The van der Waals surface area contributed by atoms with Crippen LogP contribution in [0.15, 0.2) is 18.3 Å². The quantitative estimate of drug-likeness (QED) is 0.790. The lowest BCUT2D eigenvalue weighted by Gasteiger charge is -2.13. The molecular formula is C9H11ClN2O2S. The lowest BCUT2D eigenvalue weighted by atomic mass is 10.3. The molecule has 82 valence electrons. The second-order valence-corrected chi connectivity index (χ2v) is 5.99. The first-order valence-electron chi connectivity index (χ1n) is 4.66. The minimum atomic E-state index is -3.05. The second-order valence-electron chi connectivity index (χ2n) is 3.47. The number of hydrogen-bond acceptors (Lipinski definition) is 3. The highest BCUT2D eigenvalue weighted by Gasteiger charge is 2.28. The topological polar surface area (TPSA) is 50.3 Å². The minimum Gasteiger partial charge on any atom is -0.260 e. The van der Waals surface area contributed by atoms with Crippen LogP contribution in [0, 0.1) is 0 Å². The van der Waals surface area contributed by atoms with Gasteiger partial charge in [0, 0.05) is 17.8 Å². The first kappa shape index (κ1) is 10.9. The van der Waals surface area contributed by atoms with Crippen LogP contribution in [0.4, 0.5) is 0 Å². The van der Waals surface area contributed by atoms with Crippen LogP contribution in [0.25, 0.3) is 0 Å². The Morgan fingerprint density at radius 1 is 1.53 bits per heavy atom. The van der Waals surface area contributed by atoms with Gasteiger partial charge in [0.2, 0.25) is 10.0 Å². The van der Waals surface area contributed by atoms with Crippen LogP contribution in [-0.2, 0) is 16.6 Å². The smallest absolute Gasteiger partial charge is 0.214 e. The van der Waals surface area contributed by atoms with Crippen molar-refractivity contribution >= 4 is 21.6 Å². The fourth-order valence-corrected chi connectivity index (χ4v) is 3.26. The summed E-state index contributed by atoms with van der Waals surface area (Å²) in [6, 6.07) is 3.36. The van der Waals surface area contributed by atoms with E-state index in [1.54, 1.807) is 18.3 Å². The molecule has 4 nitrogen and oxygen atoms in total. The van der Waals surface area contributed by atoms with E-state index in [0.717, 1.165) is 0 Å². The highest BCUT2D eigenvalue weighted by molar-refractivity contribution is 7.89. The SMILES string of the molecule is O=S1(=O)CCCN1Cc1cc(Cl)ccn1. The molecule has 0 spiro atoms. The number of aromatic nitrogens is 1. The molecule has 0 aromatic carbocycles. The van der Waals surface area contributed by atoms with Crippen LogP contribution in [0.1, 0.15) is 12.1 Å². The molecule has 15 heavy (non-hydrogen) atoms. The van der Waals surface area contributed by atoms with Crippen molar-refractivity contribution in [3.05, 3.63) is 29.0 Å². The number of halogens is 1. The number of pyridine rings is 1. The number of nitrogens with zero attached hydrogens (tertiary/aromatic N) is 2. The summed E-state index contributed by atoms with van der Waals surface area (Å²) < 4.78 is 24.5. The largest absolute Gasteiger partial charge is 0.260 e. The van der Waals surface area contributed by atoms with E-state index in [1.165, 1.54) is 4.31 Å². The van der Waals surface area contributed by atoms with Crippen LogP contribution >= 0.6 is 11.6 Å². The fraction of sp³-hybridized carbons (Fsp3) is 0.444. The van der Waals surface area contributed by atoms with Gasteiger partial charge >= 0.3 is 0 Å². The third-order valence-electron chi connectivity index (χ3n) is 2.32. The van der Waals surface area contributed by atoms with Gasteiger partial charge in [-0.2, -0.15) is 4.31 Å². The van der Waals surface area contributed by atoms with Crippen LogP contribution in [0.5, 0.6) is 0 Å². The van der Waals surface area contributed by atoms with E-state index >= 15 is 0 Å². The van der Waals surface area contributed by atoms with Crippen molar-refractivity contribution in [1.82, 2.24) is 9.29 Å². The van der Waals surface area contributed by atoms with Gasteiger partial charge in [-0.05, 0) is 18.6 Å². The third-order valence-corrected chi connectivity index (χ3v) is 4.46. The molecular weight excluding hydrogens is 236 g/mol. The summed E-state index contributed by atoms with van der Waals surface area (Å²) in [5.74, 6) is 0.244. The van der Waals surface area contributed by atoms with Gasteiger partial charge in [0.1, 0.15) is 0 Å². The van der Waals surface area contributed by atoms with Crippen molar-refractivity contribution in [3.8, 4) is 0 Å². The van der Waals surface area contributed by atoms with Crippen molar-refractivity contribution in [3.63, 3.8) is 0 Å². The van der Waals surface area contributed by atoms with E-state index in [4.69, 9.17) is 11.6 Å². The van der Waals surface area contributed by atoms with Gasteiger partial charge in [-0.25, -0.2) is 8.42 Å². The molecule has 1 saturated heterocycles.